The summed E-state index contributed by atoms with van der Waals surface area (Å²) in [5.41, 5.74) is 0.474. The van der Waals surface area contributed by atoms with Crippen molar-refractivity contribution in [3.05, 3.63) is 23.8 Å². The first-order valence-electron chi connectivity index (χ1n) is 6.35. The van der Waals surface area contributed by atoms with Crippen molar-refractivity contribution >= 4 is 5.91 Å². The number of hydrogen-bond acceptors (Lipinski definition) is 4. The third-order valence-corrected chi connectivity index (χ3v) is 3.23. The van der Waals surface area contributed by atoms with Gasteiger partial charge in [0.25, 0.3) is 5.91 Å². The molecule has 1 fully saturated rings. The number of benzene rings is 1. The molecular weight excluding hydrogens is 246 g/mol. The van der Waals surface area contributed by atoms with Crippen LogP contribution in [0, 0.1) is 0 Å². The molecule has 2 rings (SSSR count). The van der Waals surface area contributed by atoms with E-state index in [0.29, 0.717) is 23.6 Å². The molecule has 5 nitrogen and oxygen atoms in total. The second-order valence-corrected chi connectivity index (χ2v) is 4.52. The quantitative estimate of drug-likeness (QED) is 0.842. The molecule has 1 aliphatic rings. The Hall–Kier alpha value is -1.75. The zero-order valence-corrected chi connectivity index (χ0v) is 11.3. The largest absolute Gasteiger partial charge is 0.497 e. The zero-order chi connectivity index (χ0) is 13.8. The predicted molar refractivity (Wildman–Crippen MR) is 70.7 cm³/mol. The lowest BCUT2D eigenvalue weighted by Gasteiger charge is -2.22. The highest BCUT2D eigenvalue weighted by Crippen LogP contribution is 2.31. The Balaban J connectivity index is 2.29. The van der Waals surface area contributed by atoms with Crippen molar-refractivity contribution in [1.82, 2.24) is 4.90 Å². The van der Waals surface area contributed by atoms with Crippen LogP contribution in [0.1, 0.15) is 23.2 Å². The molecule has 0 unspecified atom stereocenters. The lowest BCUT2D eigenvalue weighted by atomic mass is 10.1. The molecule has 0 radical (unpaired) electrons. The zero-order valence-electron chi connectivity index (χ0n) is 11.3. The van der Waals surface area contributed by atoms with E-state index in [4.69, 9.17) is 14.6 Å². The number of hydrogen-bond donors (Lipinski definition) is 1. The number of rotatable bonds is 6. The first-order valence-corrected chi connectivity index (χ1v) is 6.35. The van der Waals surface area contributed by atoms with Gasteiger partial charge in [0.1, 0.15) is 11.5 Å². The molecule has 1 saturated carbocycles. The van der Waals surface area contributed by atoms with E-state index in [1.54, 1.807) is 30.2 Å². The monoisotopic (exact) mass is 265 g/mol. The molecule has 5 heteroatoms. The Morgan fingerprint density at radius 1 is 1.37 bits per heavy atom. The van der Waals surface area contributed by atoms with Crippen molar-refractivity contribution in [3.8, 4) is 11.5 Å². The average Bonchev–Trinajstić information content (AvgIpc) is 3.27. The lowest BCUT2D eigenvalue weighted by Crippen LogP contribution is -2.35. The molecule has 1 aromatic carbocycles. The summed E-state index contributed by atoms with van der Waals surface area (Å²) in [7, 11) is 3.09. The first-order chi connectivity index (χ1) is 9.21. The Morgan fingerprint density at radius 2 is 2.11 bits per heavy atom. The SMILES string of the molecule is COc1ccc(OC)c(C(=O)N(CCO)C2CC2)c1. The van der Waals surface area contributed by atoms with E-state index in [2.05, 4.69) is 0 Å². The van der Waals surface area contributed by atoms with Crippen LogP contribution in [0.15, 0.2) is 18.2 Å². The number of ether oxygens (including phenoxy) is 2. The fraction of sp³-hybridized carbons (Fsp3) is 0.500. The molecule has 1 N–H and O–H groups in total. The molecule has 0 bridgehead atoms. The topological polar surface area (TPSA) is 59.0 Å². The van der Waals surface area contributed by atoms with Gasteiger partial charge in [-0.3, -0.25) is 4.79 Å². The second kappa shape index (κ2) is 5.93. The molecule has 1 amide bonds. The predicted octanol–water partition coefficient (Wildman–Crippen LogP) is 1.30. The fourth-order valence-electron chi connectivity index (χ4n) is 2.08. The molecule has 19 heavy (non-hydrogen) atoms. The molecule has 1 aliphatic carbocycles. The summed E-state index contributed by atoms with van der Waals surface area (Å²) in [5, 5.41) is 9.09. The third-order valence-electron chi connectivity index (χ3n) is 3.23. The molecular formula is C14H19NO4. The van der Waals surface area contributed by atoms with Gasteiger partial charge in [-0.15, -0.1) is 0 Å². The van der Waals surface area contributed by atoms with Crippen LogP contribution in [-0.2, 0) is 0 Å². The van der Waals surface area contributed by atoms with Crippen LogP contribution >= 0.6 is 0 Å². The van der Waals surface area contributed by atoms with Gasteiger partial charge in [-0.05, 0) is 31.0 Å². The molecule has 0 aliphatic heterocycles. The van der Waals surface area contributed by atoms with Crippen LogP contribution in [0.25, 0.3) is 0 Å². The summed E-state index contributed by atoms with van der Waals surface area (Å²) >= 11 is 0. The maximum absolute atomic E-state index is 12.5. The van der Waals surface area contributed by atoms with E-state index in [9.17, 15) is 4.79 Å². The summed E-state index contributed by atoms with van der Waals surface area (Å²) in [4.78, 5) is 14.2. The second-order valence-electron chi connectivity index (χ2n) is 4.52. The minimum absolute atomic E-state index is 0.0332. The number of carbonyl (C=O) groups is 1. The Morgan fingerprint density at radius 3 is 2.63 bits per heavy atom. The van der Waals surface area contributed by atoms with Crippen LogP contribution < -0.4 is 9.47 Å². The number of carbonyl (C=O) groups excluding carboxylic acids is 1. The maximum atomic E-state index is 12.5. The number of methoxy groups -OCH3 is 2. The lowest BCUT2D eigenvalue weighted by molar-refractivity contribution is 0.0704. The van der Waals surface area contributed by atoms with Gasteiger partial charge in [-0.1, -0.05) is 0 Å². The molecule has 0 aromatic heterocycles. The minimum atomic E-state index is -0.118. The van der Waals surface area contributed by atoms with Crippen LogP contribution in [0.3, 0.4) is 0 Å². The highest BCUT2D eigenvalue weighted by molar-refractivity contribution is 5.97. The Kier molecular flexibility index (Phi) is 4.27. The summed E-state index contributed by atoms with van der Waals surface area (Å²) in [6.45, 7) is 0.318. The Labute approximate surface area is 112 Å². The van der Waals surface area contributed by atoms with Gasteiger partial charge in [-0.25, -0.2) is 0 Å². The van der Waals surface area contributed by atoms with E-state index in [-0.39, 0.29) is 18.6 Å². The summed E-state index contributed by atoms with van der Waals surface area (Å²) in [6.07, 6.45) is 2.00. The van der Waals surface area contributed by atoms with Crippen molar-refractivity contribution in [1.29, 1.82) is 0 Å². The summed E-state index contributed by atoms with van der Waals surface area (Å²) < 4.78 is 10.4. The minimum Gasteiger partial charge on any atom is -0.497 e. The number of nitrogens with zero attached hydrogens (tertiary/aromatic N) is 1. The molecule has 0 atom stereocenters. The summed E-state index contributed by atoms with van der Waals surface area (Å²) in [6, 6.07) is 5.39. The maximum Gasteiger partial charge on any atom is 0.258 e. The van der Waals surface area contributed by atoms with Gasteiger partial charge in [0.05, 0.1) is 26.4 Å². The molecule has 1 aromatic rings. The van der Waals surface area contributed by atoms with Gasteiger partial charge in [-0.2, -0.15) is 0 Å². The van der Waals surface area contributed by atoms with E-state index < -0.39 is 0 Å². The van der Waals surface area contributed by atoms with Gasteiger partial charge in [0.15, 0.2) is 0 Å². The van der Waals surface area contributed by atoms with E-state index in [1.807, 2.05) is 0 Å². The van der Waals surface area contributed by atoms with Gasteiger partial charge >= 0.3 is 0 Å². The van der Waals surface area contributed by atoms with Crippen LogP contribution in [0.2, 0.25) is 0 Å². The molecule has 0 spiro atoms. The molecule has 0 heterocycles. The molecule has 104 valence electrons. The normalized spacial score (nSPS) is 14.1. The van der Waals surface area contributed by atoms with Gasteiger partial charge in [0.2, 0.25) is 0 Å². The van der Waals surface area contributed by atoms with Crippen LogP contribution in [-0.4, -0.2) is 49.3 Å². The Bertz CT molecular complexity index is 457. The van der Waals surface area contributed by atoms with E-state index in [1.165, 1.54) is 7.11 Å². The van der Waals surface area contributed by atoms with Gasteiger partial charge < -0.3 is 19.5 Å². The first kappa shape index (κ1) is 13.7. The number of aliphatic hydroxyl groups is 1. The van der Waals surface area contributed by atoms with E-state index >= 15 is 0 Å². The average molecular weight is 265 g/mol. The third kappa shape index (κ3) is 2.98. The van der Waals surface area contributed by atoms with Crippen molar-refractivity contribution in [3.63, 3.8) is 0 Å². The highest BCUT2D eigenvalue weighted by atomic mass is 16.5. The van der Waals surface area contributed by atoms with Crippen molar-refractivity contribution in [2.75, 3.05) is 27.4 Å². The van der Waals surface area contributed by atoms with Crippen LogP contribution in [0.4, 0.5) is 0 Å². The number of aliphatic hydroxyl groups excluding tert-OH is 1. The highest BCUT2D eigenvalue weighted by Gasteiger charge is 2.33. The number of amides is 1. The van der Waals surface area contributed by atoms with Gasteiger partial charge in [0, 0.05) is 12.6 Å². The molecule has 0 saturated heterocycles. The van der Waals surface area contributed by atoms with Crippen molar-refractivity contribution in [2.45, 2.75) is 18.9 Å². The fourth-order valence-corrected chi connectivity index (χ4v) is 2.08. The van der Waals surface area contributed by atoms with Crippen molar-refractivity contribution < 1.29 is 19.4 Å². The smallest absolute Gasteiger partial charge is 0.258 e. The van der Waals surface area contributed by atoms with Crippen molar-refractivity contribution in [2.24, 2.45) is 0 Å². The standard InChI is InChI=1S/C14H19NO4/c1-18-11-5-6-13(19-2)12(9-11)14(17)15(7-8-16)10-3-4-10/h5-6,9-10,16H,3-4,7-8H2,1-2H3. The summed E-state index contributed by atoms with van der Waals surface area (Å²) in [5.74, 6) is 1.02. The van der Waals surface area contributed by atoms with E-state index in [0.717, 1.165) is 12.8 Å². The van der Waals surface area contributed by atoms with Crippen LogP contribution in [0.5, 0.6) is 11.5 Å².